The molecule has 112 valence electrons. The van der Waals surface area contributed by atoms with E-state index in [1.165, 1.54) is 41.0 Å². The molecule has 0 aliphatic rings. The molecular weight excluding hydrogens is 350 g/mol. The zero-order chi connectivity index (χ0) is 15.6. The maximum Gasteiger partial charge on any atom is 0.244 e. The van der Waals surface area contributed by atoms with Crippen molar-refractivity contribution in [2.75, 3.05) is 7.05 Å². The number of nitrogens with two attached hydrogens (primary N) is 1. The number of halogens is 1. The molecule has 0 aliphatic heterocycles. The lowest BCUT2D eigenvalue weighted by Gasteiger charge is -2.16. The van der Waals surface area contributed by atoms with Crippen LogP contribution in [0.4, 0.5) is 0 Å². The first kappa shape index (κ1) is 16.3. The van der Waals surface area contributed by atoms with Gasteiger partial charge in [-0.25, -0.2) is 8.42 Å². The fourth-order valence-corrected chi connectivity index (χ4v) is 4.04. The van der Waals surface area contributed by atoms with Crippen LogP contribution < -0.4 is 5.73 Å². The largest absolute Gasteiger partial charge is 0.388 e. The Kier molecular flexibility index (Phi) is 4.95. The Labute approximate surface area is 137 Å². The molecule has 0 unspecified atom stereocenters. The molecule has 0 radical (unpaired) electrons. The Bertz CT molecular complexity index is 756. The summed E-state index contributed by atoms with van der Waals surface area (Å²) in [5, 5.41) is 0. The van der Waals surface area contributed by atoms with Crippen LogP contribution in [0.5, 0.6) is 0 Å². The molecule has 0 atom stereocenters. The Balaban J connectivity index is 2.22. The van der Waals surface area contributed by atoms with E-state index in [1.807, 2.05) is 0 Å². The van der Waals surface area contributed by atoms with Crippen LogP contribution in [-0.2, 0) is 16.6 Å². The quantitative estimate of drug-likeness (QED) is 0.826. The third-order valence-corrected chi connectivity index (χ3v) is 5.92. The summed E-state index contributed by atoms with van der Waals surface area (Å²) in [6.45, 7) is 0.247. The number of rotatable bonds is 5. The van der Waals surface area contributed by atoms with E-state index in [4.69, 9.17) is 29.6 Å². The highest BCUT2D eigenvalue weighted by atomic mass is 35.5. The highest BCUT2D eigenvalue weighted by Gasteiger charge is 2.22. The van der Waals surface area contributed by atoms with Crippen molar-refractivity contribution in [2.45, 2.75) is 11.4 Å². The Hall–Kier alpha value is -1.06. The van der Waals surface area contributed by atoms with Gasteiger partial charge in [-0.1, -0.05) is 23.8 Å². The second kappa shape index (κ2) is 6.37. The first-order valence-corrected chi connectivity index (χ1v) is 8.81. The van der Waals surface area contributed by atoms with Crippen molar-refractivity contribution in [2.24, 2.45) is 5.73 Å². The standard InChI is InChI=1S/C12H12ClN3O2S3/c1-16(7-8-2-5-11(13)20-8)21(17,18)9-3-4-10(12(14)19)15-6-9/h2-6H,7H2,1H3,(H2,14,19). The molecule has 5 nitrogen and oxygen atoms in total. The fraction of sp³-hybridized carbons (Fsp3) is 0.167. The molecule has 2 aromatic rings. The zero-order valence-corrected chi connectivity index (χ0v) is 14.2. The maximum absolute atomic E-state index is 12.4. The first-order chi connectivity index (χ1) is 9.80. The third kappa shape index (κ3) is 3.78. The van der Waals surface area contributed by atoms with Gasteiger partial charge >= 0.3 is 0 Å². The average molecular weight is 362 g/mol. The van der Waals surface area contributed by atoms with Gasteiger partial charge in [0.2, 0.25) is 10.0 Å². The minimum absolute atomic E-state index is 0.0904. The highest BCUT2D eigenvalue weighted by molar-refractivity contribution is 7.89. The molecule has 0 fully saturated rings. The molecule has 21 heavy (non-hydrogen) atoms. The topological polar surface area (TPSA) is 76.3 Å². The lowest BCUT2D eigenvalue weighted by molar-refractivity contribution is 0.469. The zero-order valence-electron chi connectivity index (χ0n) is 11.0. The normalized spacial score (nSPS) is 11.8. The van der Waals surface area contributed by atoms with E-state index in [9.17, 15) is 8.42 Å². The van der Waals surface area contributed by atoms with Crippen molar-refractivity contribution in [1.29, 1.82) is 0 Å². The van der Waals surface area contributed by atoms with Gasteiger partial charge in [0.15, 0.2) is 0 Å². The van der Waals surface area contributed by atoms with Gasteiger partial charge < -0.3 is 5.73 Å². The van der Waals surface area contributed by atoms with Gasteiger partial charge in [0.1, 0.15) is 9.88 Å². The highest BCUT2D eigenvalue weighted by Crippen LogP contribution is 2.24. The van der Waals surface area contributed by atoms with Crippen molar-refractivity contribution < 1.29 is 8.42 Å². The summed E-state index contributed by atoms with van der Waals surface area (Å²) in [5.74, 6) is 0. The van der Waals surface area contributed by atoms with Crippen LogP contribution in [0.25, 0.3) is 0 Å². The van der Waals surface area contributed by atoms with Crippen molar-refractivity contribution in [3.8, 4) is 0 Å². The number of nitrogens with zero attached hydrogens (tertiary/aromatic N) is 2. The number of hydrogen-bond donors (Lipinski definition) is 1. The molecule has 0 aromatic carbocycles. The summed E-state index contributed by atoms with van der Waals surface area (Å²) in [7, 11) is -2.12. The number of thiophene rings is 1. The van der Waals surface area contributed by atoms with E-state index in [1.54, 1.807) is 12.1 Å². The van der Waals surface area contributed by atoms with E-state index in [0.29, 0.717) is 10.0 Å². The molecule has 2 N–H and O–H groups in total. The molecular formula is C12H12ClN3O2S3. The molecule has 9 heteroatoms. The van der Waals surface area contributed by atoms with E-state index in [-0.39, 0.29) is 16.4 Å². The van der Waals surface area contributed by atoms with Crippen LogP contribution in [0.2, 0.25) is 4.34 Å². The Morgan fingerprint density at radius 1 is 1.43 bits per heavy atom. The number of pyridine rings is 1. The Morgan fingerprint density at radius 2 is 2.14 bits per heavy atom. The number of thiocarbonyl (C=S) groups is 1. The summed E-state index contributed by atoms with van der Waals surface area (Å²) < 4.78 is 26.7. The maximum atomic E-state index is 12.4. The number of aromatic nitrogens is 1. The second-order valence-electron chi connectivity index (χ2n) is 4.21. The van der Waals surface area contributed by atoms with Crippen LogP contribution in [0.3, 0.4) is 0 Å². The minimum Gasteiger partial charge on any atom is -0.388 e. The van der Waals surface area contributed by atoms with Crippen molar-refractivity contribution >= 4 is 50.2 Å². The van der Waals surface area contributed by atoms with E-state index >= 15 is 0 Å². The van der Waals surface area contributed by atoms with Crippen LogP contribution >= 0.6 is 35.2 Å². The lowest BCUT2D eigenvalue weighted by Crippen LogP contribution is -2.26. The van der Waals surface area contributed by atoms with Crippen molar-refractivity contribution in [3.05, 3.63) is 45.4 Å². The summed E-state index contributed by atoms with van der Waals surface area (Å²) in [6, 6.07) is 6.47. The third-order valence-electron chi connectivity index (χ3n) is 2.70. The van der Waals surface area contributed by atoms with Crippen LogP contribution in [0.15, 0.2) is 35.4 Å². The number of sulfonamides is 1. The summed E-state index contributed by atoms with van der Waals surface area (Å²) >= 11 is 12.0. The van der Waals surface area contributed by atoms with E-state index < -0.39 is 10.0 Å². The van der Waals surface area contributed by atoms with E-state index in [0.717, 1.165) is 4.88 Å². The smallest absolute Gasteiger partial charge is 0.244 e. The Morgan fingerprint density at radius 3 is 2.62 bits per heavy atom. The van der Waals surface area contributed by atoms with Gasteiger partial charge in [-0.2, -0.15) is 4.31 Å². The molecule has 2 rings (SSSR count). The molecule has 0 aliphatic carbocycles. The molecule has 0 saturated heterocycles. The molecule has 0 saturated carbocycles. The SMILES string of the molecule is CN(Cc1ccc(Cl)s1)S(=O)(=O)c1ccc(C(N)=S)nc1. The van der Waals surface area contributed by atoms with Gasteiger partial charge in [0.25, 0.3) is 0 Å². The van der Waals surface area contributed by atoms with Crippen LogP contribution in [0.1, 0.15) is 10.6 Å². The predicted molar refractivity (Wildman–Crippen MR) is 88.1 cm³/mol. The summed E-state index contributed by atoms with van der Waals surface area (Å²) in [6.07, 6.45) is 1.25. The lowest BCUT2D eigenvalue weighted by atomic mass is 10.3. The van der Waals surface area contributed by atoms with E-state index in [2.05, 4.69) is 4.98 Å². The molecule has 0 amide bonds. The van der Waals surface area contributed by atoms with Crippen LogP contribution in [0, 0.1) is 0 Å². The molecule has 2 aromatic heterocycles. The fourth-order valence-electron chi connectivity index (χ4n) is 1.60. The molecule has 0 bridgehead atoms. The van der Waals surface area contributed by atoms with Crippen molar-refractivity contribution in [1.82, 2.24) is 9.29 Å². The molecule has 2 heterocycles. The van der Waals surface area contributed by atoms with Gasteiger partial charge in [-0.15, -0.1) is 11.3 Å². The average Bonchev–Trinajstić information content (AvgIpc) is 2.84. The van der Waals surface area contributed by atoms with Gasteiger partial charge in [-0.05, 0) is 24.3 Å². The summed E-state index contributed by atoms with van der Waals surface area (Å²) in [4.78, 5) is 5.02. The molecule has 0 spiro atoms. The van der Waals surface area contributed by atoms with Gasteiger partial charge in [0.05, 0.1) is 10.0 Å². The van der Waals surface area contributed by atoms with Gasteiger partial charge in [-0.3, -0.25) is 4.98 Å². The van der Waals surface area contributed by atoms with Crippen molar-refractivity contribution in [3.63, 3.8) is 0 Å². The monoisotopic (exact) mass is 361 g/mol. The number of hydrogen-bond acceptors (Lipinski definition) is 5. The minimum atomic E-state index is -3.62. The second-order valence-corrected chi connectivity index (χ2v) is 8.49. The van der Waals surface area contributed by atoms with Gasteiger partial charge in [0, 0.05) is 24.7 Å². The summed E-state index contributed by atoms with van der Waals surface area (Å²) in [5.41, 5.74) is 5.82. The first-order valence-electron chi connectivity index (χ1n) is 5.77. The van der Waals surface area contributed by atoms with Crippen LogP contribution in [-0.4, -0.2) is 29.7 Å². The predicted octanol–water partition coefficient (Wildman–Crippen LogP) is 2.25.